The first-order valence-electron chi connectivity index (χ1n) is 7.10. The topological polar surface area (TPSA) is 64.7 Å². The molecule has 106 valence electrons. The zero-order valence-electron chi connectivity index (χ0n) is 12.2. The Hall–Kier alpha value is -2.49. The number of hydrogen-bond acceptors (Lipinski definition) is 4. The molecular formula is C17H18N4. The molecule has 0 atom stereocenters. The standard InChI is InChI=1S/C17H18N4/c1-11(2)8-14-10-16(18)21-17(20-14)13-5-6-15-12(9-13)4-3-7-19-15/h3-7,9-11H,8H2,1-2H3,(H2,18,20,21). The van der Waals surface area contributed by atoms with Gasteiger partial charge in [0, 0.05) is 28.9 Å². The first kappa shape index (κ1) is 13.5. The SMILES string of the molecule is CC(C)Cc1cc(N)nc(-c2ccc3ncccc3c2)n1. The lowest BCUT2D eigenvalue weighted by molar-refractivity contribution is 0.635. The van der Waals surface area contributed by atoms with E-state index in [1.165, 1.54) is 0 Å². The summed E-state index contributed by atoms with van der Waals surface area (Å²) in [6.07, 6.45) is 2.69. The van der Waals surface area contributed by atoms with Crippen LogP contribution in [0.25, 0.3) is 22.3 Å². The molecule has 0 spiro atoms. The molecule has 0 fully saturated rings. The van der Waals surface area contributed by atoms with Crippen molar-refractivity contribution in [2.24, 2.45) is 5.92 Å². The van der Waals surface area contributed by atoms with Crippen LogP contribution in [0.15, 0.2) is 42.6 Å². The molecule has 3 rings (SSSR count). The highest BCUT2D eigenvalue weighted by molar-refractivity contribution is 5.83. The second-order valence-electron chi connectivity index (χ2n) is 5.62. The third kappa shape index (κ3) is 2.99. The van der Waals surface area contributed by atoms with Crippen LogP contribution in [0.2, 0.25) is 0 Å². The Labute approximate surface area is 124 Å². The van der Waals surface area contributed by atoms with Gasteiger partial charge >= 0.3 is 0 Å². The van der Waals surface area contributed by atoms with Crippen molar-refractivity contribution in [3.05, 3.63) is 48.3 Å². The minimum atomic E-state index is 0.516. The normalized spacial score (nSPS) is 11.2. The predicted octanol–water partition coefficient (Wildman–Crippen LogP) is 3.47. The minimum absolute atomic E-state index is 0.516. The van der Waals surface area contributed by atoms with Crippen molar-refractivity contribution >= 4 is 16.7 Å². The Morgan fingerprint density at radius 3 is 2.76 bits per heavy atom. The van der Waals surface area contributed by atoms with Crippen LogP contribution in [0.5, 0.6) is 0 Å². The maximum atomic E-state index is 5.92. The number of aromatic nitrogens is 3. The maximum absolute atomic E-state index is 5.92. The van der Waals surface area contributed by atoms with Crippen LogP contribution in [-0.4, -0.2) is 15.0 Å². The van der Waals surface area contributed by atoms with E-state index in [2.05, 4.69) is 34.9 Å². The van der Waals surface area contributed by atoms with Gasteiger partial charge in [-0.2, -0.15) is 0 Å². The van der Waals surface area contributed by atoms with E-state index in [0.29, 0.717) is 17.6 Å². The molecule has 0 amide bonds. The highest BCUT2D eigenvalue weighted by Crippen LogP contribution is 2.22. The molecule has 21 heavy (non-hydrogen) atoms. The fraction of sp³-hybridized carbons (Fsp3) is 0.235. The van der Waals surface area contributed by atoms with E-state index in [9.17, 15) is 0 Å². The van der Waals surface area contributed by atoms with E-state index in [-0.39, 0.29) is 0 Å². The van der Waals surface area contributed by atoms with Crippen LogP contribution < -0.4 is 5.73 Å². The summed E-state index contributed by atoms with van der Waals surface area (Å²) in [5.74, 6) is 1.73. The van der Waals surface area contributed by atoms with Gasteiger partial charge in [-0.3, -0.25) is 4.98 Å². The van der Waals surface area contributed by atoms with Crippen LogP contribution in [0, 0.1) is 5.92 Å². The lowest BCUT2D eigenvalue weighted by Gasteiger charge is -2.08. The number of nitrogen functional groups attached to an aromatic ring is 1. The lowest BCUT2D eigenvalue weighted by atomic mass is 10.1. The smallest absolute Gasteiger partial charge is 0.161 e. The van der Waals surface area contributed by atoms with E-state index < -0.39 is 0 Å². The van der Waals surface area contributed by atoms with E-state index in [1.807, 2.05) is 30.3 Å². The van der Waals surface area contributed by atoms with Crippen molar-refractivity contribution < 1.29 is 0 Å². The van der Waals surface area contributed by atoms with Gasteiger partial charge in [0.15, 0.2) is 5.82 Å². The highest BCUT2D eigenvalue weighted by atomic mass is 14.9. The van der Waals surface area contributed by atoms with Gasteiger partial charge < -0.3 is 5.73 Å². The van der Waals surface area contributed by atoms with Crippen molar-refractivity contribution in [1.29, 1.82) is 0 Å². The number of nitrogens with two attached hydrogens (primary N) is 1. The molecule has 1 aromatic carbocycles. The number of rotatable bonds is 3. The zero-order chi connectivity index (χ0) is 14.8. The van der Waals surface area contributed by atoms with Gasteiger partial charge in [0.1, 0.15) is 5.82 Å². The molecule has 2 N–H and O–H groups in total. The van der Waals surface area contributed by atoms with Gasteiger partial charge in [0.2, 0.25) is 0 Å². The number of nitrogens with zero attached hydrogens (tertiary/aromatic N) is 3. The highest BCUT2D eigenvalue weighted by Gasteiger charge is 2.08. The summed E-state index contributed by atoms with van der Waals surface area (Å²) in [5, 5.41) is 1.08. The van der Waals surface area contributed by atoms with Crippen molar-refractivity contribution in [3.8, 4) is 11.4 Å². The molecule has 0 unspecified atom stereocenters. The second-order valence-corrected chi connectivity index (χ2v) is 5.62. The van der Waals surface area contributed by atoms with Crippen LogP contribution in [0.1, 0.15) is 19.5 Å². The molecule has 0 saturated carbocycles. The van der Waals surface area contributed by atoms with Crippen LogP contribution in [0.4, 0.5) is 5.82 Å². The van der Waals surface area contributed by atoms with E-state index >= 15 is 0 Å². The maximum Gasteiger partial charge on any atom is 0.161 e. The third-order valence-corrected chi connectivity index (χ3v) is 3.28. The summed E-state index contributed by atoms with van der Waals surface area (Å²) in [7, 11) is 0. The molecule has 2 heterocycles. The zero-order valence-corrected chi connectivity index (χ0v) is 12.2. The summed E-state index contributed by atoms with van der Waals surface area (Å²) in [5.41, 5.74) is 8.84. The molecule has 0 bridgehead atoms. The Balaban J connectivity index is 2.06. The fourth-order valence-electron chi connectivity index (χ4n) is 2.39. The first-order chi connectivity index (χ1) is 10.1. The number of benzene rings is 1. The summed E-state index contributed by atoms with van der Waals surface area (Å²) in [4.78, 5) is 13.3. The summed E-state index contributed by atoms with van der Waals surface area (Å²) in [6.45, 7) is 4.33. The Kier molecular flexibility index (Phi) is 3.52. The molecule has 0 aliphatic heterocycles. The van der Waals surface area contributed by atoms with E-state index in [0.717, 1.165) is 28.6 Å². The van der Waals surface area contributed by atoms with Crippen molar-refractivity contribution in [2.45, 2.75) is 20.3 Å². The molecule has 0 aliphatic rings. The molecule has 4 heteroatoms. The van der Waals surface area contributed by atoms with Gasteiger partial charge in [-0.05, 0) is 36.6 Å². The predicted molar refractivity (Wildman–Crippen MR) is 85.7 cm³/mol. The van der Waals surface area contributed by atoms with Crippen LogP contribution >= 0.6 is 0 Å². The van der Waals surface area contributed by atoms with E-state index in [4.69, 9.17) is 5.73 Å². The fourth-order valence-corrected chi connectivity index (χ4v) is 2.39. The van der Waals surface area contributed by atoms with Crippen LogP contribution in [0.3, 0.4) is 0 Å². The van der Waals surface area contributed by atoms with Crippen molar-refractivity contribution in [2.75, 3.05) is 5.73 Å². The first-order valence-corrected chi connectivity index (χ1v) is 7.10. The summed E-state index contributed by atoms with van der Waals surface area (Å²) >= 11 is 0. The number of fused-ring (bicyclic) bond motifs is 1. The average molecular weight is 278 g/mol. The average Bonchev–Trinajstić information content (AvgIpc) is 2.45. The largest absolute Gasteiger partial charge is 0.384 e. The molecule has 2 aromatic heterocycles. The molecule has 0 radical (unpaired) electrons. The number of hydrogen-bond donors (Lipinski definition) is 1. The van der Waals surface area contributed by atoms with Gasteiger partial charge in [-0.25, -0.2) is 9.97 Å². The lowest BCUT2D eigenvalue weighted by Crippen LogP contribution is -2.03. The molecule has 0 aliphatic carbocycles. The van der Waals surface area contributed by atoms with E-state index in [1.54, 1.807) is 6.20 Å². The van der Waals surface area contributed by atoms with Crippen LogP contribution in [-0.2, 0) is 6.42 Å². The Bertz CT molecular complexity index is 781. The van der Waals surface area contributed by atoms with Gasteiger partial charge in [-0.15, -0.1) is 0 Å². The third-order valence-electron chi connectivity index (χ3n) is 3.28. The second kappa shape index (κ2) is 5.48. The van der Waals surface area contributed by atoms with Gasteiger partial charge in [0.25, 0.3) is 0 Å². The quantitative estimate of drug-likeness (QED) is 0.796. The van der Waals surface area contributed by atoms with Crippen molar-refractivity contribution in [3.63, 3.8) is 0 Å². The monoisotopic (exact) mass is 278 g/mol. The van der Waals surface area contributed by atoms with Gasteiger partial charge in [0.05, 0.1) is 5.52 Å². The van der Waals surface area contributed by atoms with Gasteiger partial charge in [-0.1, -0.05) is 19.9 Å². The Morgan fingerprint density at radius 1 is 1.10 bits per heavy atom. The Morgan fingerprint density at radius 2 is 1.95 bits per heavy atom. The molecular weight excluding hydrogens is 260 g/mol. The summed E-state index contributed by atoms with van der Waals surface area (Å²) in [6, 6.07) is 11.8. The molecule has 3 aromatic rings. The molecule has 4 nitrogen and oxygen atoms in total. The number of pyridine rings is 1. The summed E-state index contributed by atoms with van der Waals surface area (Å²) < 4.78 is 0. The minimum Gasteiger partial charge on any atom is -0.384 e. The van der Waals surface area contributed by atoms with Crippen molar-refractivity contribution in [1.82, 2.24) is 15.0 Å². The number of anilines is 1. The molecule has 0 saturated heterocycles.